The van der Waals surface area contributed by atoms with Crippen LogP contribution in [-0.4, -0.2) is 23.2 Å². The highest BCUT2D eigenvalue weighted by Gasteiger charge is 2.38. The molecule has 0 bridgehead atoms. The molecule has 0 aromatic rings. The van der Waals surface area contributed by atoms with E-state index in [-0.39, 0.29) is 11.1 Å². The quantitative estimate of drug-likeness (QED) is 0.810. The molecule has 2 unspecified atom stereocenters. The maximum Gasteiger partial charge on any atom is 0.0144 e. The fraction of sp³-hybridized carbons (Fsp3) is 1.00. The molecule has 2 heteroatoms. The number of piperidine rings is 1. The van der Waals surface area contributed by atoms with Crippen molar-refractivity contribution >= 4 is 0 Å². The topological polar surface area (TPSA) is 24.1 Å². The molecule has 2 fully saturated rings. The van der Waals surface area contributed by atoms with Crippen LogP contribution in [-0.2, 0) is 0 Å². The van der Waals surface area contributed by atoms with E-state index in [2.05, 4.69) is 45.3 Å². The Kier molecular flexibility index (Phi) is 4.62. The van der Waals surface area contributed by atoms with E-state index >= 15 is 0 Å². The Bertz CT molecular complexity index is 280. The van der Waals surface area contributed by atoms with Crippen molar-refractivity contribution in [3.05, 3.63) is 0 Å². The van der Waals surface area contributed by atoms with E-state index < -0.39 is 0 Å². The van der Waals surface area contributed by atoms with Crippen molar-refractivity contribution in [3.63, 3.8) is 0 Å². The second-order valence-corrected chi connectivity index (χ2v) is 8.30. The molecule has 2 rings (SSSR count). The molecular weight excluding hydrogens is 232 g/mol. The fourth-order valence-corrected chi connectivity index (χ4v) is 4.59. The van der Waals surface area contributed by atoms with Gasteiger partial charge in [0.2, 0.25) is 0 Å². The summed E-state index contributed by atoms with van der Waals surface area (Å²) in [6.07, 6.45) is 9.54. The van der Waals surface area contributed by atoms with Gasteiger partial charge in [0.05, 0.1) is 0 Å². The average molecular weight is 266 g/mol. The van der Waals surface area contributed by atoms with Crippen LogP contribution < -0.4 is 10.6 Å². The summed E-state index contributed by atoms with van der Waals surface area (Å²) < 4.78 is 0. The normalized spacial score (nSPS) is 35.2. The van der Waals surface area contributed by atoms with E-state index in [0.29, 0.717) is 6.04 Å². The first-order valence-electron chi connectivity index (χ1n) is 8.35. The molecule has 112 valence electrons. The predicted molar refractivity (Wildman–Crippen MR) is 83.5 cm³/mol. The number of hydrogen-bond donors (Lipinski definition) is 2. The fourth-order valence-electron chi connectivity index (χ4n) is 4.59. The molecule has 1 aliphatic carbocycles. The molecule has 1 saturated carbocycles. The van der Waals surface area contributed by atoms with Crippen LogP contribution in [0.15, 0.2) is 0 Å². The minimum atomic E-state index is 0.262. The summed E-state index contributed by atoms with van der Waals surface area (Å²) in [7, 11) is 0. The van der Waals surface area contributed by atoms with E-state index in [1.54, 1.807) is 0 Å². The SMILES string of the molecule is CCC1CCCC(NC2CC(C)(C)NC(C)(C)C2)C1. The van der Waals surface area contributed by atoms with E-state index in [1.165, 1.54) is 44.9 Å². The highest BCUT2D eigenvalue weighted by molar-refractivity contribution is 5.00. The number of nitrogens with one attached hydrogen (secondary N) is 2. The Labute approximate surface area is 120 Å². The first-order chi connectivity index (χ1) is 8.80. The highest BCUT2D eigenvalue weighted by Crippen LogP contribution is 2.31. The summed E-state index contributed by atoms with van der Waals surface area (Å²) in [6.45, 7) is 11.7. The number of hydrogen-bond acceptors (Lipinski definition) is 2. The monoisotopic (exact) mass is 266 g/mol. The molecule has 19 heavy (non-hydrogen) atoms. The summed E-state index contributed by atoms with van der Waals surface area (Å²) in [6, 6.07) is 1.46. The van der Waals surface area contributed by atoms with Gasteiger partial charge in [-0.05, 0) is 59.3 Å². The van der Waals surface area contributed by atoms with Crippen molar-refractivity contribution in [2.45, 2.75) is 103 Å². The zero-order valence-corrected chi connectivity index (χ0v) is 13.7. The third kappa shape index (κ3) is 4.46. The van der Waals surface area contributed by atoms with Crippen LogP contribution in [0.2, 0.25) is 0 Å². The molecule has 0 spiro atoms. The lowest BCUT2D eigenvalue weighted by molar-refractivity contribution is 0.130. The third-order valence-corrected chi connectivity index (χ3v) is 5.02. The van der Waals surface area contributed by atoms with Gasteiger partial charge in [0.25, 0.3) is 0 Å². The summed E-state index contributed by atoms with van der Waals surface area (Å²) in [4.78, 5) is 0. The second-order valence-electron chi connectivity index (χ2n) is 8.30. The standard InChI is InChI=1S/C17H34N2/c1-6-13-8-7-9-14(10-13)18-15-11-16(2,3)19-17(4,5)12-15/h13-15,18-19H,6-12H2,1-5H3. The van der Waals surface area contributed by atoms with Crippen LogP contribution >= 0.6 is 0 Å². The zero-order chi connectivity index (χ0) is 14.1. The zero-order valence-electron chi connectivity index (χ0n) is 13.7. The summed E-state index contributed by atoms with van der Waals surface area (Å²) in [5, 5.41) is 7.77. The van der Waals surface area contributed by atoms with Gasteiger partial charge in [0, 0.05) is 23.2 Å². The van der Waals surface area contributed by atoms with Gasteiger partial charge in [-0.15, -0.1) is 0 Å². The molecule has 0 radical (unpaired) electrons. The van der Waals surface area contributed by atoms with Crippen LogP contribution in [0.3, 0.4) is 0 Å². The Morgan fingerprint density at radius 3 is 2.21 bits per heavy atom. The van der Waals surface area contributed by atoms with Gasteiger partial charge in [-0.25, -0.2) is 0 Å². The van der Waals surface area contributed by atoms with E-state index in [0.717, 1.165) is 12.0 Å². The molecule has 0 aromatic carbocycles. The van der Waals surface area contributed by atoms with E-state index in [9.17, 15) is 0 Å². The third-order valence-electron chi connectivity index (χ3n) is 5.02. The van der Waals surface area contributed by atoms with Crippen LogP contribution in [0.4, 0.5) is 0 Å². The van der Waals surface area contributed by atoms with Gasteiger partial charge in [-0.3, -0.25) is 0 Å². The molecular formula is C17H34N2. The lowest BCUT2D eigenvalue weighted by Crippen LogP contribution is -2.62. The highest BCUT2D eigenvalue weighted by atomic mass is 15.1. The van der Waals surface area contributed by atoms with Crippen molar-refractivity contribution in [1.82, 2.24) is 10.6 Å². The second kappa shape index (κ2) is 5.73. The molecule has 1 heterocycles. The molecule has 2 atom stereocenters. The minimum absolute atomic E-state index is 0.262. The average Bonchev–Trinajstić information content (AvgIpc) is 2.24. The molecule has 2 aliphatic rings. The smallest absolute Gasteiger partial charge is 0.0144 e. The van der Waals surface area contributed by atoms with E-state index in [4.69, 9.17) is 0 Å². The van der Waals surface area contributed by atoms with Crippen LogP contribution in [0, 0.1) is 5.92 Å². The maximum absolute atomic E-state index is 3.99. The number of rotatable bonds is 3. The molecule has 1 aliphatic heterocycles. The van der Waals surface area contributed by atoms with E-state index in [1.807, 2.05) is 0 Å². The van der Waals surface area contributed by atoms with Crippen molar-refractivity contribution in [3.8, 4) is 0 Å². The van der Waals surface area contributed by atoms with Gasteiger partial charge in [-0.2, -0.15) is 0 Å². The van der Waals surface area contributed by atoms with Gasteiger partial charge in [-0.1, -0.05) is 26.2 Å². The first kappa shape index (κ1) is 15.3. The molecule has 0 aromatic heterocycles. The largest absolute Gasteiger partial charge is 0.311 e. The van der Waals surface area contributed by atoms with Crippen LogP contribution in [0.25, 0.3) is 0 Å². The summed E-state index contributed by atoms with van der Waals surface area (Å²) in [5.74, 6) is 0.967. The summed E-state index contributed by atoms with van der Waals surface area (Å²) >= 11 is 0. The minimum Gasteiger partial charge on any atom is -0.311 e. The van der Waals surface area contributed by atoms with Crippen LogP contribution in [0.5, 0.6) is 0 Å². The van der Waals surface area contributed by atoms with Gasteiger partial charge in [0.1, 0.15) is 0 Å². The van der Waals surface area contributed by atoms with Gasteiger partial charge < -0.3 is 10.6 Å². The van der Waals surface area contributed by atoms with Crippen molar-refractivity contribution in [2.24, 2.45) is 5.92 Å². The Morgan fingerprint density at radius 1 is 1.00 bits per heavy atom. The molecule has 1 saturated heterocycles. The summed E-state index contributed by atoms with van der Waals surface area (Å²) in [5.41, 5.74) is 0.524. The lowest BCUT2D eigenvalue weighted by Gasteiger charge is -2.48. The lowest BCUT2D eigenvalue weighted by atomic mass is 9.78. The molecule has 2 nitrogen and oxygen atoms in total. The predicted octanol–water partition coefficient (Wildman–Crippen LogP) is 3.85. The maximum atomic E-state index is 3.99. The molecule has 0 amide bonds. The van der Waals surface area contributed by atoms with Crippen molar-refractivity contribution < 1.29 is 0 Å². The van der Waals surface area contributed by atoms with Crippen LogP contribution in [0.1, 0.15) is 79.6 Å². The Hall–Kier alpha value is -0.0800. The Balaban J connectivity index is 1.91. The first-order valence-corrected chi connectivity index (χ1v) is 8.35. The van der Waals surface area contributed by atoms with Gasteiger partial charge >= 0.3 is 0 Å². The molecule has 2 N–H and O–H groups in total. The van der Waals surface area contributed by atoms with Crippen molar-refractivity contribution in [2.75, 3.05) is 0 Å². The van der Waals surface area contributed by atoms with Gasteiger partial charge in [0.15, 0.2) is 0 Å². The van der Waals surface area contributed by atoms with Crippen molar-refractivity contribution in [1.29, 1.82) is 0 Å². The Morgan fingerprint density at radius 2 is 1.63 bits per heavy atom.